The molecular formula is C42H34N4Si. The van der Waals surface area contributed by atoms with Crippen LogP contribution in [0.15, 0.2) is 152 Å². The fourth-order valence-corrected chi connectivity index (χ4v) is 7.55. The summed E-state index contributed by atoms with van der Waals surface area (Å²) in [5.74, 6) is 1.93. The summed E-state index contributed by atoms with van der Waals surface area (Å²) in [6, 6.07) is 53.4. The molecular weight excluding hydrogens is 589 g/mol. The first kappa shape index (κ1) is 28.8. The van der Waals surface area contributed by atoms with Gasteiger partial charge in [0.25, 0.3) is 0 Å². The van der Waals surface area contributed by atoms with E-state index in [9.17, 15) is 0 Å². The van der Waals surface area contributed by atoms with Crippen molar-refractivity contribution in [2.24, 2.45) is 0 Å². The molecule has 0 aliphatic rings. The first-order chi connectivity index (χ1) is 22.9. The third-order valence-corrected chi connectivity index (χ3v) is 10.9. The number of rotatable bonds is 6. The van der Waals surface area contributed by atoms with Gasteiger partial charge in [-0.25, -0.2) is 15.0 Å². The minimum Gasteiger partial charge on any atom is -0.309 e. The maximum absolute atomic E-state index is 5.19. The normalized spacial score (nSPS) is 11.7. The van der Waals surface area contributed by atoms with Gasteiger partial charge in [-0.1, -0.05) is 152 Å². The number of para-hydroxylation sites is 2. The number of aromatic nitrogens is 4. The highest BCUT2D eigenvalue weighted by molar-refractivity contribution is 6.88. The van der Waals surface area contributed by atoms with Gasteiger partial charge < -0.3 is 4.57 Å². The molecule has 0 spiro atoms. The topological polar surface area (TPSA) is 43.6 Å². The van der Waals surface area contributed by atoms with Crippen LogP contribution < -0.4 is 5.19 Å². The van der Waals surface area contributed by atoms with Crippen molar-refractivity contribution < 1.29 is 0 Å². The van der Waals surface area contributed by atoms with Gasteiger partial charge in [0, 0.05) is 27.5 Å². The van der Waals surface area contributed by atoms with Crippen LogP contribution in [0.1, 0.15) is 0 Å². The Hall–Kier alpha value is -5.65. The smallest absolute Gasteiger partial charge is 0.166 e. The van der Waals surface area contributed by atoms with Gasteiger partial charge in [0.05, 0.1) is 24.8 Å². The van der Waals surface area contributed by atoms with Gasteiger partial charge in [0.1, 0.15) is 0 Å². The second-order valence-electron chi connectivity index (χ2n) is 13.0. The molecule has 226 valence electrons. The average Bonchev–Trinajstić information content (AvgIpc) is 3.46. The Kier molecular flexibility index (Phi) is 7.11. The van der Waals surface area contributed by atoms with Crippen LogP contribution in [-0.2, 0) is 0 Å². The zero-order valence-corrected chi connectivity index (χ0v) is 27.7. The van der Waals surface area contributed by atoms with E-state index in [0.717, 1.165) is 39.0 Å². The zero-order valence-electron chi connectivity index (χ0n) is 26.7. The molecule has 0 atom stereocenters. The van der Waals surface area contributed by atoms with E-state index >= 15 is 0 Å². The lowest BCUT2D eigenvalue weighted by Crippen LogP contribution is -2.37. The largest absolute Gasteiger partial charge is 0.309 e. The van der Waals surface area contributed by atoms with Crippen LogP contribution in [0.2, 0.25) is 19.6 Å². The van der Waals surface area contributed by atoms with E-state index in [1.165, 1.54) is 21.5 Å². The number of nitrogens with zero attached hydrogens (tertiary/aromatic N) is 4. The van der Waals surface area contributed by atoms with Crippen molar-refractivity contribution in [3.63, 3.8) is 0 Å². The third-order valence-electron chi connectivity index (χ3n) is 8.82. The number of hydrogen-bond donors (Lipinski definition) is 0. The quantitative estimate of drug-likeness (QED) is 0.173. The van der Waals surface area contributed by atoms with E-state index in [4.69, 9.17) is 15.0 Å². The SMILES string of the molecule is C[Si](C)(C)c1cccc(-c2ccc(-n3c4ccccc4c4ccccc43)c(-c3nc(-c4ccccc4)nc(-c4ccccc4)n3)c2)c1. The molecule has 0 unspecified atom stereocenters. The zero-order chi connectivity index (χ0) is 32.0. The van der Waals surface area contributed by atoms with Crippen LogP contribution in [0.3, 0.4) is 0 Å². The average molecular weight is 623 g/mol. The van der Waals surface area contributed by atoms with Crippen LogP contribution in [0, 0.1) is 0 Å². The second-order valence-corrected chi connectivity index (χ2v) is 18.0. The third kappa shape index (κ3) is 5.35. The van der Waals surface area contributed by atoms with Crippen LogP contribution >= 0.6 is 0 Å². The monoisotopic (exact) mass is 622 g/mol. The summed E-state index contributed by atoms with van der Waals surface area (Å²) >= 11 is 0. The molecule has 6 aromatic carbocycles. The number of hydrogen-bond acceptors (Lipinski definition) is 3. The van der Waals surface area contributed by atoms with Gasteiger partial charge >= 0.3 is 0 Å². The van der Waals surface area contributed by atoms with Crippen molar-refractivity contribution in [1.82, 2.24) is 19.5 Å². The molecule has 0 N–H and O–H groups in total. The maximum Gasteiger partial charge on any atom is 0.166 e. The van der Waals surface area contributed by atoms with Crippen molar-refractivity contribution in [2.45, 2.75) is 19.6 Å². The van der Waals surface area contributed by atoms with Gasteiger partial charge in [-0.15, -0.1) is 0 Å². The van der Waals surface area contributed by atoms with Crippen molar-refractivity contribution >= 4 is 35.1 Å². The Morgan fingerprint density at radius 3 is 1.49 bits per heavy atom. The summed E-state index contributed by atoms with van der Waals surface area (Å²) in [5.41, 5.74) is 8.48. The molecule has 2 heterocycles. The lowest BCUT2D eigenvalue weighted by molar-refractivity contribution is 1.06. The van der Waals surface area contributed by atoms with E-state index in [-0.39, 0.29) is 0 Å². The Bertz CT molecular complexity index is 2280. The summed E-state index contributed by atoms with van der Waals surface area (Å²) in [7, 11) is -1.52. The molecule has 0 radical (unpaired) electrons. The van der Waals surface area contributed by atoms with E-state index in [1.807, 2.05) is 36.4 Å². The molecule has 0 aliphatic heterocycles. The molecule has 0 amide bonds. The molecule has 47 heavy (non-hydrogen) atoms. The Morgan fingerprint density at radius 1 is 0.426 bits per heavy atom. The van der Waals surface area contributed by atoms with E-state index in [0.29, 0.717) is 17.5 Å². The second kappa shape index (κ2) is 11.6. The van der Waals surface area contributed by atoms with Crippen molar-refractivity contribution in [1.29, 1.82) is 0 Å². The predicted octanol–water partition coefficient (Wildman–Crippen LogP) is 10.2. The van der Waals surface area contributed by atoms with Crippen LogP contribution in [0.5, 0.6) is 0 Å². The minimum absolute atomic E-state index is 0.637. The molecule has 0 fully saturated rings. The molecule has 5 heteroatoms. The first-order valence-corrected chi connectivity index (χ1v) is 19.5. The molecule has 0 bridgehead atoms. The van der Waals surface area contributed by atoms with Gasteiger partial charge in [0.2, 0.25) is 0 Å². The van der Waals surface area contributed by atoms with E-state index in [1.54, 1.807) is 0 Å². The van der Waals surface area contributed by atoms with Gasteiger partial charge in [-0.2, -0.15) is 0 Å². The molecule has 8 aromatic rings. The van der Waals surface area contributed by atoms with Crippen LogP contribution in [-0.4, -0.2) is 27.6 Å². The van der Waals surface area contributed by atoms with Crippen LogP contribution in [0.4, 0.5) is 0 Å². The van der Waals surface area contributed by atoms with Gasteiger partial charge in [-0.05, 0) is 35.4 Å². The first-order valence-electron chi connectivity index (χ1n) is 16.0. The summed E-state index contributed by atoms with van der Waals surface area (Å²) in [5, 5.41) is 3.86. The summed E-state index contributed by atoms with van der Waals surface area (Å²) in [6.45, 7) is 7.18. The highest BCUT2D eigenvalue weighted by Gasteiger charge is 2.21. The molecule has 8 rings (SSSR count). The summed E-state index contributed by atoms with van der Waals surface area (Å²) in [6.07, 6.45) is 0. The molecule has 2 aromatic heterocycles. The lowest BCUT2D eigenvalue weighted by Gasteiger charge is -2.19. The van der Waals surface area contributed by atoms with Crippen molar-refractivity contribution in [3.05, 3.63) is 152 Å². The van der Waals surface area contributed by atoms with E-state index in [2.05, 4.69) is 139 Å². The summed E-state index contributed by atoms with van der Waals surface area (Å²) in [4.78, 5) is 15.4. The molecule has 0 aliphatic carbocycles. The van der Waals surface area contributed by atoms with E-state index < -0.39 is 8.07 Å². The molecule has 4 nitrogen and oxygen atoms in total. The highest BCUT2D eigenvalue weighted by atomic mass is 28.3. The van der Waals surface area contributed by atoms with Gasteiger partial charge in [-0.3, -0.25) is 0 Å². The standard InChI is InChI=1S/C42H34N4Si/c1-47(2,3)33-20-14-19-31(27-33)32-25-26-39(46-37-23-12-10-21-34(37)35-22-11-13-24-38(35)46)36(28-32)42-44-40(29-15-6-4-7-16-29)43-41(45-42)30-17-8-5-9-18-30/h4-28H,1-3H3. The number of benzene rings is 6. The van der Waals surface area contributed by atoms with Gasteiger partial charge in [0.15, 0.2) is 17.5 Å². The number of fused-ring (bicyclic) bond motifs is 3. The fraction of sp³-hybridized carbons (Fsp3) is 0.0714. The Morgan fingerprint density at radius 2 is 0.915 bits per heavy atom. The highest BCUT2D eigenvalue weighted by Crippen LogP contribution is 2.38. The molecule has 0 saturated carbocycles. The Labute approximate surface area is 276 Å². The van der Waals surface area contributed by atoms with Crippen LogP contribution in [0.25, 0.3) is 72.8 Å². The molecule has 0 saturated heterocycles. The minimum atomic E-state index is -1.52. The van der Waals surface area contributed by atoms with Crippen molar-refractivity contribution in [2.75, 3.05) is 0 Å². The fourth-order valence-electron chi connectivity index (χ4n) is 6.37. The lowest BCUT2D eigenvalue weighted by atomic mass is 10.0. The Balaban J connectivity index is 1.44. The predicted molar refractivity (Wildman–Crippen MR) is 199 cm³/mol. The maximum atomic E-state index is 5.19. The summed E-state index contributed by atoms with van der Waals surface area (Å²) < 4.78 is 2.36. The van der Waals surface area contributed by atoms with Crippen molar-refractivity contribution in [3.8, 4) is 51.0 Å².